The minimum absolute atomic E-state index is 0.0599. The van der Waals surface area contributed by atoms with Gasteiger partial charge < -0.3 is 9.47 Å². The van der Waals surface area contributed by atoms with Gasteiger partial charge in [0.25, 0.3) is 0 Å². The maximum Gasteiger partial charge on any atom is 0.323 e. The van der Waals surface area contributed by atoms with Crippen LogP contribution in [0.2, 0.25) is 0 Å². The minimum Gasteiger partial charge on any atom is -0.500 e. The van der Waals surface area contributed by atoms with E-state index in [4.69, 9.17) is 9.47 Å². The van der Waals surface area contributed by atoms with E-state index >= 15 is 0 Å². The molecule has 0 spiro atoms. The van der Waals surface area contributed by atoms with Crippen molar-refractivity contribution in [1.29, 1.82) is 0 Å². The molecular formula is C25H34O3. The average Bonchev–Trinajstić information content (AvgIpc) is 2.69. The van der Waals surface area contributed by atoms with Gasteiger partial charge in [-0.3, -0.25) is 4.79 Å². The lowest BCUT2D eigenvalue weighted by Gasteiger charge is -2.44. The molecule has 1 aromatic rings. The van der Waals surface area contributed by atoms with Crippen LogP contribution in [-0.4, -0.2) is 19.2 Å². The molecule has 1 aromatic carbocycles. The number of ether oxygens (including phenoxy) is 2. The molecule has 0 aromatic heterocycles. The van der Waals surface area contributed by atoms with Crippen molar-refractivity contribution in [2.45, 2.75) is 64.9 Å². The summed E-state index contributed by atoms with van der Waals surface area (Å²) in [6, 6.07) is 10.6. The monoisotopic (exact) mass is 382 g/mol. The number of hydrogen-bond acceptors (Lipinski definition) is 3. The Morgan fingerprint density at radius 2 is 1.89 bits per heavy atom. The molecule has 0 heterocycles. The topological polar surface area (TPSA) is 35.5 Å². The summed E-state index contributed by atoms with van der Waals surface area (Å²) in [5.74, 6) is 1.33. The highest BCUT2D eigenvalue weighted by molar-refractivity contribution is 5.82. The normalized spacial score (nSPS) is 30.5. The maximum atomic E-state index is 13.3. The molecule has 0 amide bonds. The van der Waals surface area contributed by atoms with Crippen molar-refractivity contribution in [3.63, 3.8) is 0 Å². The molecule has 2 aliphatic rings. The van der Waals surface area contributed by atoms with Gasteiger partial charge in [0.2, 0.25) is 0 Å². The molecule has 1 fully saturated rings. The molecule has 0 saturated heterocycles. The molecule has 3 heteroatoms. The first-order chi connectivity index (χ1) is 13.3. The van der Waals surface area contributed by atoms with E-state index < -0.39 is 5.41 Å². The van der Waals surface area contributed by atoms with Gasteiger partial charge in [-0.25, -0.2) is 0 Å². The Kier molecular flexibility index (Phi) is 6.02. The molecule has 1 unspecified atom stereocenters. The lowest BCUT2D eigenvalue weighted by Crippen LogP contribution is -2.45. The number of rotatable bonds is 5. The molecule has 0 radical (unpaired) electrons. The fourth-order valence-corrected chi connectivity index (χ4v) is 4.86. The van der Waals surface area contributed by atoms with Gasteiger partial charge in [-0.15, -0.1) is 0 Å². The van der Waals surface area contributed by atoms with Gasteiger partial charge in [0.05, 0.1) is 7.11 Å². The van der Waals surface area contributed by atoms with E-state index in [1.807, 2.05) is 25.2 Å². The van der Waals surface area contributed by atoms with Gasteiger partial charge in [0, 0.05) is 5.92 Å². The van der Waals surface area contributed by atoms with Crippen molar-refractivity contribution in [3.8, 4) is 0 Å². The first-order valence-corrected chi connectivity index (χ1v) is 10.5. The molecule has 0 aliphatic heterocycles. The molecule has 3 nitrogen and oxygen atoms in total. The quantitative estimate of drug-likeness (QED) is 0.476. The Balaban J connectivity index is 1.85. The summed E-state index contributed by atoms with van der Waals surface area (Å²) in [5.41, 5.74) is 0.405. The summed E-state index contributed by atoms with van der Waals surface area (Å²) in [4.78, 5) is 13.3. The zero-order chi connectivity index (χ0) is 20.4. The number of allylic oxidation sites excluding steroid dienone is 2. The lowest BCUT2D eigenvalue weighted by molar-refractivity contribution is -0.165. The van der Waals surface area contributed by atoms with Crippen LogP contribution >= 0.6 is 0 Å². The predicted octanol–water partition coefficient (Wildman–Crippen LogP) is 5.81. The molecule has 152 valence electrons. The number of carbonyl (C=O) groups excluding carboxylic acids is 1. The fraction of sp³-hybridized carbons (Fsp3) is 0.560. The Hall–Kier alpha value is -2.03. The van der Waals surface area contributed by atoms with Crippen LogP contribution in [0.15, 0.2) is 54.3 Å². The summed E-state index contributed by atoms with van der Waals surface area (Å²) >= 11 is 0. The Bertz CT molecular complexity index is 746. The van der Waals surface area contributed by atoms with Crippen LogP contribution in [0.3, 0.4) is 0 Å². The average molecular weight is 383 g/mol. The lowest BCUT2D eigenvalue weighted by atomic mass is 9.64. The van der Waals surface area contributed by atoms with E-state index in [9.17, 15) is 4.79 Å². The fourth-order valence-electron chi connectivity index (χ4n) is 4.86. The molecule has 0 bridgehead atoms. The Morgan fingerprint density at radius 1 is 1.18 bits per heavy atom. The highest BCUT2D eigenvalue weighted by atomic mass is 16.5. The van der Waals surface area contributed by atoms with E-state index in [-0.39, 0.29) is 17.5 Å². The second-order valence-electron chi connectivity index (χ2n) is 9.17. The van der Waals surface area contributed by atoms with E-state index in [0.29, 0.717) is 17.6 Å². The van der Waals surface area contributed by atoms with Crippen molar-refractivity contribution in [2.75, 3.05) is 7.11 Å². The number of benzene rings is 1. The summed E-state index contributed by atoms with van der Waals surface area (Å²) in [6.07, 6.45) is 9.77. The van der Waals surface area contributed by atoms with E-state index in [0.717, 1.165) is 19.3 Å². The van der Waals surface area contributed by atoms with Gasteiger partial charge in [-0.05, 0) is 49.2 Å². The van der Waals surface area contributed by atoms with Crippen LogP contribution in [0.1, 0.15) is 58.9 Å². The zero-order valence-electron chi connectivity index (χ0n) is 17.9. The number of carbonyl (C=O) groups is 1. The van der Waals surface area contributed by atoms with Crippen molar-refractivity contribution in [3.05, 3.63) is 59.9 Å². The first-order valence-electron chi connectivity index (χ1n) is 10.5. The van der Waals surface area contributed by atoms with Crippen LogP contribution in [0.4, 0.5) is 0 Å². The molecule has 3 rings (SSSR count). The van der Waals surface area contributed by atoms with Crippen molar-refractivity contribution >= 4 is 5.97 Å². The van der Waals surface area contributed by atoms with Gasteiger partial charge in [-0.2, -0.15) is 0 Å². The highest BCUT2D eigenvalue weighted by Gasteiger charge is 2.45. The Morgan fingerprint density at radius 3 is 2.57 bits per heavy atom. The summed E-state index contributed by atoms with van der Waals surface area (Å²) in [6.45, 7) is 8.72. The van der Waals surface area contributed by atoms with E-state index in [1.165, 1.54) is 12.0 Å². The second-order valence-corrected chi connectivity index (χ2v) is 9.17. The molecule has 4 atom stereocenters. The van der Waals surface area contributed by atoms with Gasteiger partial charge in [-0.1, -0.05) is 69.7 Å². The highest BCUT2D eigenvalue weighted by Crippen LogP contribution is 2.45. The van der Waals surface area contributed by atoms with Gasteiger partial charge in [0.15, 0.2) is 0 Å². The molecule has 0 N–H and O–H groups in total. The maximum absolute atomic E-state index is 13.3. The SMILES string of the molecule is COC1=CCC=CC1(C)C(=O)O[C@@H]1C[C@H](C)CC[C@H]1C(C)(C)c1ccccc1. The largest absolute Gasteiger partial charge is 0.500 e. The van der Waals surface area contributed by atoms with Crippen LogP contribution in [0.5, 0.6) is 0 Å². The van der Waals surface area contributed by atoms with Crippen molar-refractivity contribution < 1.29 is 14.3 Å². The van der Waals surface area contributed by atoms with Crippen LogP contribution < -0.4 is 0 Å². The summed E-state index contributed by atoms with van der Waals surface area (Å²) < 4.78 is 11.8. The third-order valence-corrected chi connectivity index (χ3v) is 6.80. The number of methoxy groups -OCH3 is 1. The first kappa shape index (κ1) is 20.7. The summed E-state index contributed by atoms with van der Waals surface area (Å²) in [5, 5.41) is 0. The van der Waals surface area contributed by atoms with Crippen molar-refractivity contribution in [2.24, 2.45) is 17.3 Å². The molecule has 28 heavy (non-hydrogen) atoms. The van der Waals surface area contributed by atoms with Crippen LogP contribution in [0, 0.1) is 17.3 Å². The molecule has 1 saturated carbocycles. The van der Waals surface area contributed by atoms with Crippen LogP contribution in [-0.2, 0) is 19.7 Å². The van der Waals surface area contributed by atoms with Crippen LogP contribution in [0.25, 0.3) is 0 Å². The third kappa shape index (κ3) is 3.90. The minimum atomic E-state index is -0.838. The van der Waals surface area contributed by atoms with E-state index in [1.54, 1.807) is 7.11 Å². The standard InChI is InChI=1S/C25H34O3/c1-18-14-15-20(24(2,3)19-11-7-6-8-12-19)21(17-18)28-23(26)25(4)16-10-9-13-22(25)27-5/h6-8,10-13,16,18,20-21H,9,14-15,17H2,1-5H3/t18-,20-,21-,25?/m1/s1. The predicted molar refractivity (Wildman–Crippen MR) is 113 cm³/mol. The zero-order valence-corrected chi connectivity index (χ0v) is 17.9. The van der Waals surface area contributed by atoms with Gasteiger partial charge in [0.1, 0.15) is 17.3 Å². The number of hydrogen-bond donors (Lipinski definition) is 0. The summed E-state index contributed by atoms with van der Waals surface area (Å²) in [7, 11) is 1.63. The molecular weight excluding hydrogens is 348 g/mol. The number of esters is 1. The smallest absolute Gasteiger partial charge is 0.323 e. The van der Waals surface area contributed by atoms with E-state index in [2.05, 4.69) is 51.1 Å². The third-order valence-electron chi connectivity index (χ3n) is 6.80. The second kappa shape index (κ2) is 8.14. The van der Waals surface area contributed by atoms with Crippen molar-refractivity contribution in [1.82, 2.24) is 0 Å². The Labute approximate surface area is 169 Å². The van der Waals surface area contributed by atoms with Gasteiger partial charge >= 0.3 is 5.97 Å². The molecule has 2 aliphatic carbocycles.